The Balaban J connectivity index is 1.33. The molecule has 0 spiro atoms. The highest BCUT2D eigenvalue weighted by Crippen LogP contribution is 2.47. The monoisotopic (exact) mass is 703 g/mol. The number of carboxylic acid groups (broad SMARTS) is 2. The van der Waals surface area contributed by atoms with Crippen molar-refractivity contribution in [3.05, 3.63) is 47.2 Å². The maximum Gasteiger partial charge on any atom is 0.352 e. The quantitative estimate of drug-likeness (QED) is 0.137. The summed E-state index contributed by atoms with van der Waals surface area (Å²) in [4.78, 5) is 79.4. The number of thiocarbonyl (C=S) groups is 1. The summed E-state index contributed by atoms with van der Waals surface area (Å²) in [6.45, 7) is 3.37. The lowest BCUT2D eigenvalue weighted by Crippen LogP contribution is -2.78. The topological polar surface area (TPSA) is 220 Å². The van der Waals surface area contributed by atoms with Crippen LogP contribution in [0.1, 0.15) is 25.5 Å². The Kier molecular flexibility index (Phi) is 9.82. The first-order chi connectivity index (χ1) is 22.4. The number of carbonyl (C=O) groups is 6. The molecule has 1 unspecified atom stereocenters. The van der Waals surface area contributed by atoms with Crippen molar-refractivity contribution in [1.82, 2.24) is 45.5 Å². The number of imide groups is 1. The van der Waals surface area contributed by atoms with E-state index in [1.165, 1.54) is 21.6 Å². The number of nitrogens with zero attached hydrogens (tertiary/aromatic N) is 7. The summed E-state index contributed by atoms with van der Waals surface area (Å²) >= 11 is 8.10. The van der Waals surface area contributed by atoms with Crippen LogP contribution in [0, 0.1) is 0 Å². The highest BCUT2D eigenvalue weighted by molar-refractivity contribution is 8.01. The summed E-state index contributed by atoms with van der Waals surface area (Å²) in [5, 5.41) is 35.3. The molecule has 0 bridgehead atoms. The first-order valence-corrected chi connectivity index (χ1v) is 16.6. The van der Waals surface area contributed by atoms with Crippen LogP contribution in [0.4, 0.5) is 4.79 Å². The predicted octanol–water partition coefficient (Wildman–Crippen LogP) is -0.0791. The van der Waals surface area contributed by atoms with E-state index in [1.807, 2.05) is 0 Å². The number of rotatable bonds is 11. The van der Waals surface area contributed by atoms with Crippen molar-refractivity contribution in [2.24, 2.45) is 0 Å². The Bertz CT molecular complexity index is 1690. The van der Waals surface area contributed by atoms with E-state index in [1.54, 1.807) is 44.2 Å². The molecule has 2 fully saturated rings. The van der Waals surface area contributed by atoms with E-state index < -0.39 is 59.2 Å². The molecular formula is C27H29N9O8S3. The third kappa shape index (κ3) is 6.52. The number of carboxylic acids is 2. The number of urea groups is 1. The van der Waals surface area contributed by atoms with Gasteiger partial charge in [0.2, 0.25) is 11.1 Å². The van der Waals surface area contributed by atoms with Gasteiger partial charge >= 0.3 is 29.8 Å². The lowest BCUT2D eigenvalue weighted by molar-refractivity contribution is -0.153. The second kappa shape index (κ2) is 13.7. The largest absolute Gasteiger partial charge is 0.480 e. The second-order valence-electron chi connectivity index (χ2n) is 10.7. The van der Waals surface area contributed by atoms with Crippen LogP contribution in [0.15, 0.2) is 46.8 Å². The molecule has 17 nitrogen and oxygen atoms in total. The molecule has 3 atom stereocenters. The molecule has 248 valence electrons. The number of amides is 5. The average molecular weight is 704 g/mol. The highest BCUT2D eigenvalue weighted by atomic mass is 32.2. The van der Waals surface area contributed by atoms with Crippen molar-refractivity contribution in [2.45, 2.75) is 42.5 Å². The lowest BCUT2D eigenvalue weighted by Gasteiger charge is -2.58. The number of thioether (sulfide) groups is 2. The Hall–Kier alpha value is -4.56. The number of carbonyl (C=O) groups excluding carboxylic acids is 4. The van der Waals surface area contributed by atoms with E-state index in [-0.39, 0.29) is 40.4 Å². The minimum atomic E-state index is -1.28. The average Bonchev–Trinajstić information content (AvgIpc) is 3.49. The van der Waals surface area contributed by atoms with Crippen molar-refractivity contribution in [3.63, 3.8) is 0 Å². The molecule has 5 amide bonds. The molecule has 2 aromatic rings. The fourth-order valence-electron chi connectivity index (χ4n) is 5.34. The third-order valence-corrected chi connectivity index (χ3v) is 10.9. The Labute approximate surface area is 281 Å². The standard InChI is InChI=1S/C27H29N9O8S3/c1-3-33-9-10-34(21(41)20(33)40)25(44)28-17(14-7-5-4-6-8-14)19(39)29-27(2)23(45)36-18(22(42)43)15(12-46-24(27)36)13-47-26-30-31-32-35(26)11-16(37)38/h4-8,17,24H,3,9-13H2,1-2H3,(H,28,44)(H,29,39)(H,37,38)(H,42,43)/t17?,24-,27+/m0/s1. The predicted molar refractivity (Wildman–Crippen MR) is 170 cm³/mol. The smallest absolute Gasteiger partial charge is 0.352 e. The number of fused-ring (bicyclic) bond motifs is 1. The zero-order valence-corrected chi connectivity index (χ0v) is 27.4. The van der Waals surface area contributed by atoms with Crippen LogP contribution in [0.2, 0.25) is 0 Å². The van der Waals surface area contributed by atoms with Crippen LogP contribution >= 0.6 is 35.7 Å². The fraction of sp³-hybridized carbons (Fsp3) is 0.407. The van der Waals surface area contributed by atoms with E-state index in [4.69, 9.17) is 17.3 Å². The Morgan fingerprint density at radius 3 is 2.53 bits per heavy atom. The van der Waals surface area contributed by atoms with Gasteiger partial charge in [-0.3, -0.25) is 24.1 Å². The van der Waals surface area contributed by atoms with Crippen molar-refractivity contribution >= 4 is 76.4 Å². The number of aliphatic carboxylic acids is 2. The molecule has 4 N–H and O–H groups in total. The highest BCUT2D eigenvalue weighted by Gasteiger charge is 2.60. The summed E-state index contributed by atoms with van der Waals surface area (Å²) < 4.78 is 1.09. The lowest BCUT2D eigenvalue weighted by atomic mass is 9.88. The Morgan fingerprint density at radius 2 is 1.87 bits per heavy atom. The van der Waals surface area contributed by atoms with Crippen LogP contribution in [0.5, 0.6) is 0 Å². The number of likely N-dealkylation sites (N-methyl/N-ethyl adjacent to an activating group) is 1. The number of piperazine rings is 1. The van der Waals surface area contributed by atoms with Gasteiger partial charge in [-0.15, -0.1) is 16.9 Å². The zero-order chi connectivity index (χ0) is 34.0. The first-order valence-electron chi connectivity index (χ1n) is 14.2. The molecule has 5 rings (SSSR count). The fourth-order valence-corrected chi connectivity index (χ4v) is 8.31. The van der Waals surface area contributed by atoms with Gasteiger partial charge in [0.15, 0.2) is 0 Å². The molecule has 0 radical (unpaired) electrons. The summed E-state index contributed by atoms with van der Waals surface area (Å²) in [6, 6.07) is 6.13. The first kappa shape index (κ1) is 33.8. The maximum absolute atomic E-state index is 13.9. The van der Waals surface area contributed by atoms with Crippen molar-refractivity contribution in [3.8, 4) is 0 Å². The SMILES string of the molecule is CCN1CCN(C(=O)NC(C(=O)N[C@]2(C)C(=S)N3C(C(=O)O)=C(CSc4nnnn4CC(=O)O)CS[C@H]32)c2ccccc2)C(=O)C1=O. The summed E-state index contributed by atoms with van der Waals surface area (Å²) in [6.07, 6.45) is 0. The van der Waals surface area contributed by atoms with Gasteiger partial charge in [-0.1, -0.05) is 54.3 Å². The molecule has 3 aliphatic heterocycles. The van der Waals surface area contributed by atoms with Crippen molar-refractivity contribution in [2.75, 3.05) is 31.1 Å². The van der Waals surface area contributed by atoms with Gasteiger partial charge in [-0.25, -0.2) is 14.3 Å². The molecule has 20 heteroatoms. The molecule has 1 aromatic heterocycles. The van der Waals surface area contributed by atoms with Gasteiger partial charge in [0.25, 0.3) is 0 Å². The van der Waals surface area contributed by atoms with E-state index in [0.717, 1.165) is 21.3 Å². The van der Waals surface area contributed by atoms with Crippen molar-refractivity contribution < 1.29 is 39.0 Å². The molecule has 3 aliphatic rings. The van der Waals surface area contributed by atoms with Gasteiger partial charge in [0.1, 0.15) is 34.2 Å². The number of hydrogen-bond donors (Lipinski definition) is 4. The minimum absolute atomic E-state index is 0.0394. The Morgan fingerprint density at radius 1 is 1.15 bits per heavy atom. The van der Waals surface area contributed by atoms with Gasteiger partial charge in [-0.2, -0.15) is 0 Å². The summed E-state index contributed by atoms with van der Waals surface area (Å²) in [5.74, 6) is -4.44. The van der Waals surface area contributed by atoms with Gasteiger partial charge in [0, 0.05) is 31.1 Å². The third-order valence-electron chi connectivity index (χ3n) is 7.73. The number of benzene rings is 1. The molecular weight excluding hydrogens is 675 g/mol. The molecule has 1 aromatic carbocycles. The van der Waals surface area contributed by atoms with Gasteiger partial charge < -0.3 is 30.6 Å². The van der Waals surface area contributed by atoms with Gasteiger partial charge in [-0.05, 0) is 35.4 Å². The molecule has 4 heterocycles. The molecule has 0 aliphatic carbocycles. The van der Waals surface area contributed by atoms with E-state index in [2.05, 4.69) is 26.2 Å². The molecule has 2 saturated heterocycles. The second-order valence-corrected chi connectivity index (χ2v) is 13.1. The van der Waals surface area contributed by atoms with E-state index in [0.29, 0.717) is 17.7 Å². The normalized spacial score (nSPS) is 21.6. The van der Waals surface area contributed by atoms with Crippen LogP contribution in [0.25, 0.3) is 0 Å². The number of aromatic nitrogens is 4. The molecule has 0 saturated carbocycles. The number of tetrazole rings is 1. The molecule has 47 heavy (non-hydrogen) atoms. The number of nitrogens with one attached hydrogen (secondary N) is 2. The van der Waals surface area contributed by atoms with Crippen LogP contribution < -0.4 is 10.6 Å². The summed E-state index contributed by atoms with van der Waals surface area (Å²) in [7, 11) is 0. The van der Waals surface area contributed by atoms with E-state index >= 15 is 0 Å². The maximum atomic E-state index is 13.9. The number of hydrogen-bond acceptors (Lipinski definition) is 12. The van der Waals surface area contributed by atoms with Gasteiger partial charge in [0.05, 0.1) is 0 Å². The van der Waals surface area contributed by atoms with E-state index in [9.17, 15) is 33.9 Å². The van der Waals surface area contributed by atoms with Crippen LogP contribution in [0.3, 0.4) is 0 Å². The van der Waals surface area contributed by atoms with Crippen LogP contribution in [-0.2, 0) is 30.5 Å². The van der Waals surface area contributed by atoms with Crippen LogP contribution in [-0.4, -0.2) is 128 Å². The summed E-state index contributed by atoms with van der Waals surface area (Å²) in [5.41, 5.74) is -0.348. The zero-order valence-electron chi connectivity index (χ0n) is 25.0. The minimum Gasteiger partial charge on any atom is -0.480 e. The van der Waals surface area contributed by atoms with Crippen molar-refractivity contribution in [1.29, 1.82) is 0 Å².